The van der Waals surface area contributed by atoms with Gasteiger partial charge in [-0.2, -0.15) is 0 Å². The van der Waals surface area contributed by atoms with Crippen LogP contribution in [0.3, 0.4) is 0 Å². The van der Waals surface area contributed by atoms with Gasteiger partial charge >= 0.3 is 0 Å². The van der Waals surface area contributed by atoms with Crippen LogP contribution in [-0.2, 0) is 17.8 Å². The smallest absolute Gasteiger partial charge is 0.221 e. The van der Waals surface area contributed by atoms with Crippen molar-refractivity contribution in [1.29, 1.82) is 0 Å². The van der Waals surface area contributed by atoms with Crippen LogP contribution >= 0.6 is 0 Å². The summed E-state index contributed by atoms with van der Waals surface area (Å²) in [6, 6.07) is 23.9. The SMILES string of the molecule is Cc1c(CC(N)=O)c2cc(O)ccc2n1Cc1ccccc1-c1ccccc1. The number of aromatic nitrogens is 1. The molecule has 3 N–H and O–H groups in total. The van der Waals surface area contributed by atoms with Crippen LogP contribution in [0.1, 0.15) is 16.8 Å². The number of hydrogen-bond acceptors (Lipinski definition) is 2. The highest BCUT2D eigenvalue weighted by atomic mass is 16.3. The van der Waals surface area contributed by atoms with E-state index in [4.69, 9.17) is 5.73 Å². The average molecular weight is 370 g/mol. The highest BCUT2D eigenvalue weighted by molar-refractivity contribution is 5.91. The van der Waals surface area contributed by atoms with E-state index >= 15 is 0 Å². The van der Waals surface area contributed by atoms with Gasteiger partial charge < -0.3 is 15.4 Å². The minimum atomic E-state index is -0.379. The molecule has 1 aromatic heterocycles. The summed E-state index contributed by atoms with van der Waals surface area (Å²) in [7, 11) is 0. The molecule has 3 aromatic carbocycles. The molecule has 0 saturated carbocycles. The quantitative estimate of drug-likeness (QED) is 0.547. The number of hydrogen-bond donors (Lipinski definition) is 2. The number of carbonyl (C=O) groups is 1. The van der Waals surface area contributed by atoms with Crippen LogP contribution in [0.2, 0.25) is 0 Å². The zero-order chi connectivity index (χ0) is 19.7. The number of fused-ring (bicyclic) bond motifs is 1. The zero-order valence-electron chi connectivity index (χ0n) is 15.7. The molecule has 140 valence electrons. The van der Waals surface area contributed by atoms with Crippen molar-refractivity contribution >= 4 is 16.8 Å². The monoisotopic (exact) mass is 370 g/mol. The van der Waals surface area contributed by atoms with Gasteiger partial charge in [0.05, 0.1) is 6.42 Å². The Morgan fingerprint density at radius 3 is 2.46 bits per heavy atom. The summed E-state index contributed by atoms with van der Waals surface area (Å²) in [6.45, 7) is 2.66. The summed E-state index contributed by atoms with van der Waals surface area (Å²) in [5, 5.41) is 10.8. The molecule has 1 amide bonds. The lowest BCUT2D eigenvalue weighted by Crippen LogP contribution is -2.14. The molecular formula is C24H22N2O2. The van der Waals surface area contributed by atoms with Gasteiger partial charge in [-0.3, -0.25) is 4.79 Å². The highest BCUT2D eigenvalue weighted by Gasteiger charge is 2.17. The first-order chi connectivity index (χ1) is 13.5. The largest absolute Gasteiger partial charge is 0.508 e. The van der Waals surface area contributed by atoms with Crippen LogP contribution in [0.25, 0.3) is 22.0 Å². The highest BCUT2D eigenvalue weighted by Crippen LogP contribution is 2.32. The molecular weight excluding hydrogens is 348 g/mol. The van der Waals surface area contributed by atoms with Crippen LogP contribution in [0.15, 0.2) is 72.8 Å². The first kappa shape index (κ1) is 17.9. The molecule has 4 nitrogen and oxygen atoms in total. The summed E-state index contributed by atoms with van der Waals surface area (Å²) in [5.41, 5.74) is 11.9. The molecule has 4 aromatic rings. The molecule has 0 aliphatic rings. The number of rotatable bonds is 5. The molecule has 0 unspecified atom stereocenters. The molecule has 4 rings (SSSR count). The Morgan fingerprint density at radius 1 is 1.00 bits per heavy atom. The second kappa shape index (κ2) is 7.24. The zero-order valence-corrected chi connectivity index (χ0v) is 15.7. The molecule has 0 saturated heterocycles. The predicted octanol–water partition coefficient (Wildman–Crippen LogP) is 4.40. The van der Waals surface area contributed by atoms with Gasteiger partial charge in [-0.1, -0.05) is 54.6 Å². The normalized spacial score (nSPS) is 11.0. The summed E-state index contributed by atoms with van der Waals surface area (Å²) in [6.07, 6.45) is 0.152. The van der Waals surface area contributed by atoms with Crippen molar-refractivity contribution in [1.82, 2.24) is 4.57 Å². The van der Waals surface area contributed by atoms with E-state index < -0.39 is 0 Å². The number of aromatic hydroxyl groups is 1. The van der Waals surface area contributed by atoms with E-state index in [1.165, 1.54) is 16.7 Å². The molecule has 4 heteroatoms. The van der Waals surface area contributed by atoms with Crippen molar-refractivity contribution in [3.05, 3.63) is 89.6 Å². The van der Waals surface area contributed by atoms with Gasteiger partial charge in [0.1, 0.15) is 5.75 Å². The molecule has 0 atom stereocenters. The molecule has 1 heterocycles. The van der Waals surface area contributed by atoms with Gasteiger partial charge in [0, 0.05) is 23.1 Å². The number of amides is 1. The van der Waals surface area contributed by atoms with Gasteiger partial charge in [-0.25, -0.2) is 0 Å². The molecule has 0 fully saturated rings. The summed E-state index contributed by atoms with van der Waals surface area (Å²) in [5.74, 6) is -0.199. The Hall–Kier alpha value is -3.53. The van der Waals surface area contributed by atoms with Gasteiger partial charge in [0.15, 0.2) is 0 Å². The van der Waals surface area contributed by atoms with E-state index in [0.29, 0.717) is 6.54 Å². The molecule has 0 spiro atoms. The fraction of sp³-hybridized carbons (Fsp3) is 0.125. The molecule has 28 heavy (non-hydrogen) atoms. The van der Waals surface area contributed by atoms with Crippen LogP contribution in [-0.4, -0.2) is 15.6 Å². The Kier molecular flexibility index (Phi) is 4.62. The lowest BCUT2D eigenvalue weighted by atomic mass is 9.99. The molecule has 0 aliphatic heterocycles. The first-order valence-electron chi connectivity index (χ1n) is 9.27. The number of carbonyl (C=O) groups excluding carboxylic acids is 1. The molecule has 0 radical (unpaired) electrons. The van der Waals surface area contributed by atoms with Crippen LogP contribution in [0.4, 0.5) is 0 Å². The summed E-state index contributed by atoms with van der Waals surface area (Å²) in [4.78, 5) is 11.6. The Morgan fingerprint density at radius 2 is 1.71 bits per heavy atom. The van der Waals surface area contributed by atoms with E-state index in [0.717, 1.165) is 22.2 Å². The van der Waals surface area contributed by atoms with Gasteiger partial charge in [0.25, 0.3) is 0 Å². The number of nitrogens with two attached hydrogens (primary N) is 1. The Bertz CT molecular complexity index is 1160. The van der Waals surface area contributed by atoms with Crippen molar-refractivity contribution in [2.45, 2.75) is 19.9 Å². The lowest BCUT2D eigenvalue weighted by Gasteiger charge is -2.14. The van der Waals surface area contributed by atoms with E-state index in [2.05, 4.69) is 28.8 Å². The van der Waals surface area contributed by atoms with Gasteiger partial charge in [-0.15, -0.1) is 0 Å². The maximum absolute atomic E-state index is 11.6. The van der Waals surface area contributed by atoms with Gasteiger partial charge in [0.2, 0.25) is 5.91 Å². The van der Waals surface area contributed by atoms with Crippen molar-refractivity contribution in [2.24, 2.45) is 5.73 Å². The average Bonchev–Trinajstić information content (AvgIpc) is 2.94. The van der Waals surface area contributed by atoms with Crippen LogP contribution < -0.4 is 5.73 Å². The van der Waals surface area contributed by atoms with E-state index in [1.54, 1.807) is 12.1 Å². The standard InChI is InChI=1S/C24H22N2O2/c1-16-21(14-24(25)28)22-13-19(27)11-12-23(22)26(16)15-18-9-5-6-10-20(18)17-7-3-2-4-8-17/h2-13,27H,14-15H2,1H3,(H2,25,28). The third-order valence-electron chi connectivity index (χ3n) is 5.22. The maximum atomic E-state index is 11.6. The van der Waals surface area contributed by atoms with E-state index in [-0.39, 0.29) is 18.1 Å². The summed E-state index contributed by atoms with van der Waals surface area (Å²) < 4.78 is 2.19. The number of phenols is 1. The van der Waals surface area contributed by atoms with Crippen molar-refractivity contribution in [3.63, 3.8) is 0 Å². The number of benzene rings is 3. The minimum absolute atomic E-state index is 0.152. The summed E-state index contributed by atoms with van der Waals surface area (Å²) >= 11 is 0. The van der Waals surface area contributed by atoms with Crippen molar-refractivity contribution in [3.8, 4) is 16.9 Å². The third kappa shape index (κ3) is 3.25. The second-order valence-corrected chi connectivity index (χ2v) is 7.02. The second-order valence-electron chi connectivity index (χ2n) is 7.02. The van der Waals surface area contributed by atoms with Crippen molar-refractivity contribution in [2.75, 3.05) is 0 Å². The van der Waals surface area contributed by atoms with Crippen molar-refractivity contribution < 1.29 is 9.90 Å². The third-order valence-corrected chi connectivity index (χ3v) is 5.22. The fourth-order valence-corrected chi connectivity index (χ4v) is 3.87. The lowest BCUT2D eigenvalue weighted by molar-refractivity contribution is -0.117. The number of nitrogens with zero attached hydrogens (tertiary/aromatic N) is 1. The number of phenolic OH excluding ortho intramolecular Hbond substituents is 1. The van der Waals surface area contributed by atoms with Gasteiger partial charge in [-0.05, 0) is 47.4 Å². The van der Waals surface area contributed by atoms with E-state index in [1.807, 2.05) is 43.3 Å². The predicted molar refractivity (Wildman–Crippen MR) is 112 cm³/mol. The minimum Gasteiger partial charge on any atom is -0.508 e. The fourth-order valence-electron chi connectivity index (χ4n) is 3.87. The maximum Gasteiger partial charge on any atom is 0.221 e. The Labute approximate surface area is 163 Å². The topological polar surface area (TPSA) is 68.2 Å². The van der Waals surface area contributed by atoms with E-state index in [9.17, 15) is 9.90 Å². The first-order valence-corrected chi connectivity index (χ1v) is 9.27. The molecule has 0 aliphatic carbocycles. The Balaban J connectivity index is 1.86. The van der Waals surface area contributed by atoms with Crippen LogP contribution in [0, 0.1) is 6.92 Å². The number of primary amides is 1. The molecule has 0 bridgehead atoms. The van der Waals surface area contributed by atoms with Crippen LogP contribution in [0.5, 0.6) is 5.75 Å².